The molecular weight excluding hydrogens is 376 g/mol. The smallest absolute Gasteiger partial charge is 0.387 e. The second kappa shape index (κ2) is 10.1. The van der Waals surface area contributed by atoms with E-state index in [4.69, 9.17) is 14.2 Å². The van der Waals surface area contributed by atoms with Crippen LogP contribution in [0.15, 0.2) is 42.5 Å². The van der Waals surface area contributed by atoms with Crippen molar-refractivity contribution in [1.29, 1.82) is 0 Å². The SMILES string of the molecule is COc1ccc(CNC(=O)COC(=O)c2ccc(OC(F)F)cc2)cc1OC. The lowest BCUT2D eigenvalue weighted by molar-refractivity contribution is -0.124. The Hall–Kier alpha value is -3.36. The van der Waals surface area contributed by atoms with Crippen molar-refractivity contribution in [2.24, 2.45) is 0 Å². The summed E-state index contributed by atoms with van der Waals surface area (Å²) in [5, 5.41) is 2.61. The Bertz CT molecular complexity index is 811. The molecule has 0 saturated carbocycles. The van der Waals surface area contributed by atoms with Gasteiger partial charge in [0.2, 0.25) is 0 Å². The van der Waals surface area contributed by atoms with Gasteiger partial charge in [0, 0.05) is 6.54 Å². The summed E-state index contributed by atoms with van der Waals surface area (Å²) in [6.07, 6.45) is 0. The Morgan fingerprint density at radius 3 is 2.29 bits per heavy atom. The van der Waals surface area contributed by atoms with Crippen LogP contribution >= 0.6 is 0 Å². The predicted octanol–water partition coefficient (Wildman–Crippen LogP) is 2.78. The maximum absolute atomic E-state index is 12.1. The molecule has 0 saturated heterocycles. The molecule has 9 heteroatoms. The summed E-state index contributed by atoms with van der Waals surface area (Å²) in [4.78, 5) is 23.7. The third kappa shape index (κ3) is 6.11. The van der Waals surface area contributed by atoms with Crippen LogP contribution < -0.4 is 19.5 Å². The zero-order chi connectivity index (χ0) is 20.5. The van der Waals surface area contributed by atoms with Crippen LogP contribution in [0.1, 0.15) is 15.9 Å². The van der Waals surface area contributed by atoms with E-state index < -0.39 is 25.1 Å². The maximum Gasteiger partial charge on any atom is 0.387 e. The number of nitrogens with one attached hydrogen (secondary N) is 1. The highest BCUT2D eigenvalue weighted by Gasteiger charge is 2.12. The maximum atomic E-state index is 12.1. The highest BCUT2D eigenvalue weighted by Crippen LogP contribution is 2.27. The number of benzene rings is 2. The molecule has 150 valence electrons. The van der Waals surface area contributed by atoms with E-state index in [0.29, 0.717) is 11.5 Å². The lowest BCUT2D eigenvalue weighted by atomic mass is 10.2. The molecule has 0 spiro atoms. The van der Waals surface area contributed by atoms with Gasteiger partial charge in [0.25, 0.3) is 5.91 Å². The average molecular weight is 395 g/mol. The molecule has 1 N–H and O–H groups in total. The number of rotatable bonds is 9. The van der Waals surface area contributed by atoms with Gasteiger partial charge in [0.1, 0.15) is 5.75 Å². The molecule has 0 aromatic heterocycles. The van der Waals surface area contributed by atoms with Gasteiger partial charge < -0.3 is 24.3 Å². The highest BCUT2D eigenvalue weighted by atomic mass is 19.3. The van der Waals surface area contributed by atoms with Crippen molar-refractivity contribution in [3.05, 3.63) is 53.6 Å². The Kier molecular flexibility index (Phi) is 7.55. The first kappa shape index (κ1) is 20.9. The number of alkyl halides is 2. The number of hydrogen-bond acceptors (Lipinski definition) is 6. The predicted molar refractivity (Wildman–Crippen MR) is 94.7 cm³/mol. The van der Waals surface area contributed by atoms with Crippen LogP contribution in [0.4, 0.5) is 8.78 Å². The average Bonchev–Trinajstić information content (AvgIpc) is 2.70. The van der Waals surface area contributed by atoms with Crippen LogP contribution in [0.2, 0.25) is 0 Å². The summed E-state index contributed by atoms with van der Waals surface area (Å²) in [5.41, 5.74) is 0.876. The third-order valence-corrected chi connectivity index (χ3v) is 3.59. The quantitative estimate of drug-likeness (QED) is 0.658. The van der Waals surface area contributed by atoms with E-state index in [1.165, 1.54) is 38.5 Å². The van der Waals surface area contributed by atoms with Crippen molar-refractivity contribution in [1.82, 2.24) is 5.32 Å². The van der Waals surface area contributed by atoms with Crippen LogP contribution in [-0.2, 0) is 16.1 Å². The number of esters is 1. The number of methoxy groups -OCH3 is 2. The molecule has 7 nitrogen and oxygen atoms in total. The van der Waals surface area contributed by atoms with E-state index in [9.17, 15) is 18.4 Å². The van der Waals surface area contributed by atoms with Crippen molar-refractivity contribution in [2.75, 3.05) is 20.8 Å². The monoisotopic (exact) mass is 395 g/mol. The van der Waals surface area contributed by atoms with Gasteiger partial charge in [-0.1, -0.05) is 6.07 Å². The van der Waals surface area contributed by atoms with Gasteiger partial charge in [-0.15, -0.1) is 0 Å². The Morgan fingerprint density at radius 1 is 1.00 bits per heavy atom. The number of amides is 1. The molecule has 0 fully saturated rings. The van der Waals surface area contributed by atoms with Crippen LogP contribution in [-0.4, -0.2) is 39.3 Å². The molecule has 0 aliphatic rings. The van der Waals surface area contributed by atoms with Crippen molar-refractivity contribution in [3.63, 3.8) is 0 Å². The summed E-state index contributed by atoms with van der Waals surface area (Å²) in [6, 6.07) is 10.1. The Morgan fingerprint density at radius 2 is 1.68 bits per heavy atom. The third-order valence-electron chi connectivity index (χ3n) is 3.59. The van der Waals surface area contributed by atoms with Gasteiger partial charge in [0.05, 0.1) is 19.8 Å². The van der Waals surface area contributed by atoms with Gasteiger partial charge in [-0.05, 0) is 42.0 Å². The largest absolute Gasteiger partial charge is 0.493 e. The lowest BCUT2D eigenvalue weighted by Gasteiger charge is -2.10. The van der Waals surface area contributed by atoms with Crippen molar-refractivity contribution in [3.8, 4) is 17.2 Å². The molecule has 0 heterocycles. The highest BCUT2D eigenvalue weighted by molar-refractivity contribution is 5.91. The van der Waals surface area contributed by atoms with Gasteiger partial charge in [0.15, 0.2) is 18.1 Å². The van der Waals surface area contributed by atoms with E-state index in [1.807, 2.05) is 0 Å². The fraction of sp³-hybridized carbons (Fsp3) is 0.263. The normalized spacial score (nSPS) is 10.3. The van der Waals surface area contributed by atoms with Crippen molar-refractivity contribution in [2.45, 2.75) is 13.2 Å². The molecule has 28 heavy (non-hydrogen) atoms. The summed E-state index contributed by atoms with van der Waals surface area (Å²) in [5.74, 6) is -0.249. The van der Waals surface area contributed by atoms with Crippen LogP contribution in [0.5, 0.6) is 17.2 Å². The molecule has 0 radical (unpaired) electrons. The second-order valence-electron chi connectivity index (χ2n) is 5.45. The number of ether oxygens (including phenoxy) is 4. The second-order valence-corrected chi connectivity index (χ2v) is 5.45. The fourth-order valence-electron chi connectivity index (χ4n) is 2.23. The van der Waals surface area contributed by atoms with E-state index in [0.717, 1.165) is 5.56 Å². The summed E-state index contributed by atoms with van der Waals surface area (Å²) < 4.78 is 43.6. The first-order valence-corrected chi connectivity index (χ1v) is 8.12. The molecular formula is C19H19F2NO6. The van der Waals surface area contributed by atoms with E-state index in [2.05, 4.69) is 10.1 Å². The Labute approximate surface area is 160 Å². The summed E-state index contributed by atoms with van der Waals surface area (Å²) in [6.45, 7) is -3.23. The number of halogens is 2. The van der Waals surface area contributed by atoms with Gasteiger partial charge in [-0.3, -0.25) is 4.79 Å². The topological polar surface area (TPSA) is 83.1 Å². The molecule has 2 aromatic rings. The summed E-state index contributed by atoms with van der Waals surface area (Å²) >= 11 is 0. The Balaban J connectivity index is 1.81. The van der Waals surface area contributed by atoms with Crippen molar-refractivity contribution >= 4 is 11.9 Å². The van der Waals surface area contributed by atoms with E-state index >= 15 is 0 Å². The minimum absolute atomic E-state index is 0.0841. The minimum Gasteiger partial charge on any atom is -0.493 e. The van der Waals surface area contributed by atoms with Crippen LogP contribution in [0.3, 0.4) is 0 Å². The summed E-state index contributed by atoms with van der Waals surface area (Å²) in [7, 11) is 3.03. The zero-order valence-electron chi connectivity index (χ0n) is 15.2. The number of hydrogen-bond donors (Lipinski definition) is 1. The first-order valence-electron chi connectivity index (χ1n) is 8.12. The van der Waals surface area contributed by atoms with Crippen LogP contribution in [0, 0.1) is 0 Å². The molecule has 2 rings (SSSR count). The van der Waals surface area contributed by atoms with E-state index in [1.54, 1.807) is 18.2 Å². The van der Waals surface area contributed by atoms with Gasteiger partial charge >= 0.3 is 12.6 Å². The van der Waals surface area contributed by atoms with Gasteiger partial charge in [-0.2, -0.15) is 8.78 Å². The molecule has 1 amide bonds. The minimum atomic E-state index is -2.95. The molecule has 2 aromatic carbocycles. The number of carbonyl (C=O) groups is 2. The first-order chi connectivity index (χ1) is 13.4. The lowest BCUT2D eigenvalue weighted by Crippen LogP contribution is -2.28. The molecule has 0 aliphatic heterocycles. The molecule has 0 bridgehead atoms. The van der Waals surface area contributed by atoms with Gasteiger partial charge in [-0.25, -0.2) is 4.79 Å². The zero-order valence-corrected chi connectivity index (χ0v) is 15.2. The van der Waals surface area contributed by atoms with Crippen molar-refractivity contribution < 1.29 is 37.3 Å². The van der Waals surface area contributed by atoms with E-state index in [-0.39, 0.29) is 17.9 Å². The standard InChI is InChI=1S/C19H19F2NO6/c1-25-15-8-3-12(9-16(15)26-2)10-22-17(23)11-27-18(24)13-4-6-14(7-5-13)28-19(20)21/h3-9,19H,10-11H2,1-2H3,(H,22,23). The molecule has 0 aliphatic carbocycles. The van der Waals surface area contributed by atoms with Crippen LogP contribution in [0.25, 0.3) is 0 Å². The number of carbonyl (C=O) groups excluding carboxylic acids is 2. The fourth-order valence-corrected chi connectivity index (χ4v) is 2.23. The molecule has 0 unspecified atom stereocenters. The molecule has 0 atom stereocenters.